The third kappa shape index (κ3) is 6.27. The lowest BCUT2D eigenvalue weighted by atomic mass is 10.1. The molecule has 0 N–H and O–H groups in total. The van der Waals surface area contributed by atoms with Crippen molar-refractivity contribution in [2.75, 3.05) is 6.61 Å². The predicted octanol–water partition coefficient (Wildman–Crippen LogP) is 7.64. The zero-order valence-corrected chi connectivity index (χ0v) is 22.2. The number of carbonyl (C=O) groups is 3. The van der Waals surface area contributed by atoms with E-state index in [1.165, 1.54) is 30.3 Å². The van der Waals surface area contributed by atoms with Gasteiger partial charge < -0.3 is 9.47 Å². The zero-order chi connectivity index (χ0) is 26.7. The van der Waals surface area contributed by atoms with E-state index in [0.29, 0.717) is 16.1 Å². The highest BCUT2D eigenvalue weighted by Gasteiger charge is 2.35. The first kappa shape index (κ1) is 27.0. The molecule has 3 aromatic carbocycles. The van der Waals surface area contributed by atoms with Gasteiger partial charge in [-0.15, -0.1) is 0 Å². The highest BCUT2D eigenvalue weighted by atomic mass is 35.5. The van der Waals surface area contributed by atoms with Crippen molar-refractivity contribution < 1.29 is 28.2 Å². The van der Waals surface area contributed by atoms with E-state index in [1.54, 1.807) is 31.2 Å². The molecule has 1 fully saturated rings. The van der Waals surface area contributed by atoms with Crippen molar-refractivity contribution in [2.24, 2.45) is 0 Å². The minimum absolute atomic E-state index is 0.00435. The van der Waals surface area contributed by atoms with Crippen molar-refractivity contribution in [3.63, 3.8) is 0 Å². The Balaban J connectivity index is 1.59. The second-order valence-electron chi connectivity index (χ2n) is 7.67. The normalized spacial score (nSPS) is 14.4. The van der Waals surface area contributed by atoms with Crippen molar-refractivity contribution in [3.8, 4) is 11.5 Å². The van der Waals surface area contributed by atoms with Gasteiger partial charge in [-0.2, -0.15) is 0 Å². The van der Waals surface area contributed by atoms with Gasteiger partial charge in [0.15, 0.2) is 11.5 Å². The number of imide groups is 1. The number of thioether (sulfide) groups is 1. The van der Waals surface area contributed by atoms with Crippen LogP contribution >= 0.6 is 46.6 Å². The zero-order valence-electron chi connectivity index (χ0n) is 19.1. The average Bonchev–Trinajstić information content (AvgIpc) is 3.10. The maximum Gasteiger partial charge on any atom is 0.343 e. The molecule has 4 rings (SSSR count). The molecule has 1 heterocycles. The summed E-state index contributed by atoms with van der Waals surface area (Å²) in [6.45, 7) is 1.88. The van der Waals surface area contributed by atoms with Gasteiger partial charge in [0.05, 0.1) is 28.6 Å². The van der Waals surface area contributed by atoms with Gasteiger partial charge in [0.1, 0.15) is 5.82 Å². The summed E-state index contributed by atoms with van der Waals surface area (Å²) in [6, 6.07) is 13.0. The Bertz CT molecular complexity index is 1450. The summed E-state index contributed by atoms with van der Waals surface area (Å²) in [5.41, 5.74) is 1.10. The number of hydrogen-bond acceptors (Lipinski definition) is 6. The predicted molar refractivity (Wildman–Crippen MR) is 142 cm³/mol. The summed E-state index contributed by atoms with van der Waals surface area (Å²) >= 11 is 19.2. The van der Waals surface area contributed by atoms with Gasteiger partial charge in [0.25, 0.3) is 11.1 Å². The maximum atomic E-state index is 13.3. The third-order valence-corrected chi connectivity index (χ3v) is 6.88. The Morgan fingerprint density at radius 2 is 1.84 bits per heavy atom. The molecule has 0 bridgehead atoms. The van der Waals surface area contributed by atoms with Crippen LogP contribution in [0.1, 0.15) is 28.4 Å². The molecule has 0 radical (unpaired) electrons. The van der Waals surface area contributed by atoms with Crippen LogP contribution in [-0.2, 0) is 11.3 Å². The summed E-state index contributed by atoms with van der Waals surface area (Å²) in [6.07, 6.45) is 1.48. The van der Waals surface area contributed by atoms with Crippen molar-refractivity contribution in [3.05, 3.63) is 97.1 Å². The lowest BCUT2D eigenvalue weighted by Gasteiger charge is -2.14. The average molecular weight is 581 g/mol. The fourth-order valence-electron chi connectivity index (χ4n) is 3.41. The fraction of sp³-hybridized carbons (Fsp3) is 0.115. The number of esters is 1. The van der Waals surface area contributed by atoms with Crippen LogP contribution < -0.4 is 9.47 Å². The van der Waals surface area contributed by atoms with Crippen LogP contribution in [0.3, 0.4) is 0 Å². The summed E-state index contributed by atoms with van der Waals surface area (Å²) < 4.78 is 24.5. The molecule has 1 aliphatic heterocycles. The minimum Gasteiger partial charge on any atom is -0.490 e. The van der Waals surface area contributed by atoms with Crippen LogP contribution in [0, 0.1) is 5.82 Å². The molecule has 0 aromatic heterocycles. The molecule has 2 amide bonds. The number of benzene rings is 3. The molecular weight excluding hydrogens is 564 g/mol. The topological polar surface area (TPSA) is 72.9 Å². The van der Waals surface area contributed by atoms with Gasteiger partial charge >= 0.3 is 5.97 Å². The first-order valence-corrected chi connectivity index (χ1v) is 12.7. The minimum atomic E-state index is -0.682. The van der Waals surface area contributed by atoms with Gasteiger partial charge in [-0.05, 0) is 78.4 Å². The standard InChI is InChI=1S/C26H17Cl3FNO5S/c1-2-35-21-9-14(8-20(29)23(21)36-25(33)15-4-3-5-17(27)11-15)10-22-24(32)31(26(34)37-22)13-16-6-7-18(30)12-19(16)28/h3-12H,2,13H2,1H3/b22-10-. The Kier molecular flexibility index (Phi) is 8.44. The monoisotopic (exact) mass is 579 g/mol. The number of hydrogen-bond donors (Lipinski definition) is 0. The molecule has 0 atom stereocenters. The van der Waals surface area contributed by atoms with E-state index in [9.17, 15) is 18.8 Å². The van der Waals surface area contributed by atoms with E-state index >= 15 is 0 Å². The number of amides is 2. The molecule has 0 unspecified atom stereocenters. The van der Waals surface area contributed by atoms with E-state index in [4.69, 9.17) is 44.3 Å². The van der Waals surface area contributed by atoms with Gasteiger partial charge in [-0.1, -0.05) is 46.9 Å². The second-order valence-corrected chi connectivity index (χ2v) is 9.91. The van der Waals surface area contributed by atoms with Crippen molar-refractivity contribution in [1.29, 1.82) is 0 Å². The van der Waals surface area contributed by atoms with E-state index in [0.717, 1.165) is 22.7 Å². The molecule has 1 aliphatic rings. The Morgan fingerprint density at radius 3 is 2.54 bits per heavy atom. The van der Waals surface area contributed by atoms with Crippen LogP contribution in [0.5, 0.6) is 11.5 Å². The number of rotatable bonds is 7. The van der Waals surface area contributed by atoms with Crippen LogP contribution in [-0.4, -0.2) is 28.6 Å². The number of ether oxygens (including phenoxy) is 2. The molecule has 1 saturated heterocycles. The molecule has 0 spiro atoms. The van der Waals surface area contributed by atoms with Crippen LogP contribution in [0.2, 0.25) is 15.1 Å². The van der Waals surface area contributed by atoms with E-state index in [2.05, 4.69) is 0 Å². The molecule has 6 nitrogen and oxygen atoms in total. The van der Waals surface area contributed by atoms with Crippen LogP contribution in [0.4, 0.5) is 9.18 Å². The fourth-order valence-corrected chi connectivity index (χ4v) is 4.92. The quantitative estimate of drug-likeness (QED) is 0.162. The Labute approximate surface area is 230 Å². The molecule has 190 valence electrons. The van der Waals surface area contributed by atoms with Gasteiger partial charge in [-0.25, -0.2) is 9.18 Å². The first-order chi connectivity index (χ1) is 17.7. The highest BCUT2D eigenvalue weighted by Crippen LogP contribution is 2.40. The van der Waals surface area contributed by atoms with E-state index < -0.39 is 22.9 Å². The van der Waals surface area contributed by atoms with Crippen molar-refractivity contribution >= 4 is 69.8 Å². The van der Waals surface area contributed by atoms with Crippen molar-refractivity contribution in [1.82, 2.24) is 4.90 Å². The molecule has 0 aliphatic carbocycles. The van der Waals surface area contributed by atoms with E-state index in [1.807, 2.05) is 0 Å². The van der Waals surface area contributed by atoms with Crippen molar-refractivity contribution in [2.45, 2.75) is 13.5 Å². The third-order valence-electron chi connectivity index (χ3n) is 5.10. The molecule has 3 aromatic rings. The van der Waals surface area contributed by atoms with Gasteiger partial charge in [0, 0.05) is 10.0 Å². The number of carbonyl (C=O) groups excluding carboxylic acids is 3. The maximum absolute atomic E-state index is 13.3. The summed E-state index contributed by atoms with van der Waals surface area (Å²) in [5, 5.41) is 0.0420. The van der Waals surface area contributed by atoms with Crippen LogP contribution in [0.15, 0.2) is 59.5 Å². The van der Waals surface area contributed by atoms with Gasteiger partial charge in [0.2, 0.25) is 0 Å². The number of nitrogens with zero attached hydrogens (tertiary/aromatic N) is 1. The number of halogens is 4. The smallest absolute Gasteiger partial charge is 0.343 e. The lowest BCUT2D eigenvalue weighted by molar-refractivity contribution is -0.123. The van der Waals surface area contributed by atoms with Crippen LogP contribution in [0.25, 0.3) is 6.08 Å². The molecular formula is C26H17Cl3FNO5S. The largest absolute Gasteiger partial charge is 0.490 e. The summed E-state index contributed by atoms with van der Waals surface area (Å²) in [5.74, 6) is -1.57. The summed E-state index contributed by atoms with van der Waals surface area (Å²) in [7, 11) is 0. The lowest BCUT2D eigenvalue weighted by Crippen LogP contribution is -2.27. The SMILES string of the molecule is CCOc1cc(/C=C2\SC(=O)N(Cc3ccc(F)cc3Cl)C2=O)cc(Cl)c1OC(=O)c1cccc(Cl)c1. The summed E-state index contributed by atoms with van der Waals surface area (Å²) in [4.78, 5) is 39.3. The molecule has 11 heteroatoms. The van der Waals surface area contributed by atoms with E-state index in [-0.39, 0.29) is 45.2 Å². The van der Waals surface area contributed by atoms with Gasteiger partial charge in [-0.3, -0.25) is 14.5 Å². The highest BCUT2D eigenvalue weighted by molar-refractivity contribution is 8.18. The Hall–Kier alpha value is -3.04. The molecule has 0 saturated carbocycles. The Morgan fingerprint density at radius 1 is 1.05 bits per heavy atom. The molecule has 37 heavy (non-hydrogen) atoms. The first-order valence-electron chi connectivity index (χ1n) is 10.8. The second kappa shape index (κ2) is 11.6.